The first-order chi connectivity index (χ1) is 13.8. The molecule has 0 amide bonds. The lowest BCUT2D eigenvalue weighted by Crippen LogP contribution is -2.33. The number of aliphatic imine (C=N–C) groups is 1. The molecule has 152 valence electrons. The van der Waals surface area contributed by atoms with Crippen molar-refractivity contribution in [3.63, 3.8) is 0 Å². The monoisotopic (exact) mass is 384 g/mol. The highest BCUT2D eigenvalue weighted by atomic mass is 16.5. The van der Waals surface area contributed by atoms with E-state index in [2.05, 4.69) is 43.4 Å². The number of guanidine groups is 1. The lowest BCUT2D eigenvalue weighted by atomic mass is 10.1. The van der Waals surface area contributed by atoms with E-state index in [1.165, 1.54) is 37.9 Å². The van der Waals surface area contributed by atoms with Gasteiger partial charge in [0.1, 0.15) is 5.75 Å². The van der Waals surface area contributed by atoms with Crippen LogP contribution in [-0.4, -0.2) is 53.6 Å². The molecule has 1 aliphatic heterocycles. The van der Waals surface area contributed by atoms with Crippen molar-refractivity contribution in [1.29, 1.82) is 0 Å². The van der Waals surface area contributed by atoms with Crippen molar-refractivity contribution in [3.8, 4) is 5.75 Å². The molecule has 28 heavy (non-hydrogen) atoms. The molecule has 1 aromatic heterocycles. The number of likely N-dealkylation sites (tertiary alicyclic amines) is 1. The summed E-state index contributed by atoms with van der Waals surface area (Å²) in [5.41, 5.74) is 8.21. The third-order valence-electron chi connectivity index (χ3n) is 4.85. The van der Waals surface area contributed by atoms with E-state index >= 15 is 0 Å². The molecule has 1 aromatic carbocycles. The molecular formula is C21H32N6O. The van der Waals surface area contributed by atoms with Gasteiger partial charge in [0.2, 0.25) is 0 Å². The Balaban J connectivity index is 1.30. The van der Waals surface area contributed by atoms with Crippen LogP contribution in [0.4, 0.5) is 0 Å². The Labute approximate surface area is 167 Å². The Kier molecular flexibility index (Phi) is 8.18. The third kappa shape index (κ3) is 7.23. The molecule has 0 spiro atoms. The van der Waals surface area contributed by atoms with Gasteiger partial charge in [-0.05, 0) is 43.6 Å². The van der Waals surface area contributed by atoms with Crippen LogP contribution in [0.3, 0.4) is 0 Å². The number of piperidine rings is 1. The summed E-state index contributed by atoms with van der Waals surface area (Å²) in [6, 6.07) is 8.44. The molecule has 7 nitrogen and oxygen atoms in total. The third-order valence-corrected chi connectivity index (χ3v) is 4.85. The molecule has 4 N–H and O–H groups in total. The summed E-state index contributed by atoms with van der Waals surface area (Å²) in [6.45, 7) is 5.44. The van der Waals surface area contributed by atoms with Crippen LogP contribution in [0.2, 0.25) is 0 Å². The molecule has 1 fully saturated rings. The molecule has 0 aliphatic carbocycles. The summed E-state index contributed by atoms with van der Waals surface area (Å²) < 4.78 is 5.89. The minimum Gasteiger partial charge on any atom is -0.494 e. The molecule has 2 aromatic rings. The quantitative estimate of drug-likeness (QED) is 0.332. The van der Waals surface area contributed by atoms with Crippen LogP contribution >= 0.6 is 0 Å². The first-order valence-corrected chi connectivity index (χ1v) is 10.2. The predicted molar refractivity (Wildman–Crippen MR) is 112 cm³/mol. The van der Waals surface area contributed by atoms with E-state index in [1.807, 2.05) is 12.3 Å². The molecule has 1 saturated heterocycles. The maximum atomic E-state index is 5.89. The first kappa shape index (κ1) is 20.2. The van der Waals surface area contributed by atoms with Gasteiger partial charge < -0.3 is 20.8 Å². The first-order valence-electron chi connectivity index (χ1n) is 10.2. The SMILES string of the molecule is NC(=NCCCOc1cccc(CN2CCCCC2)c1)NCCc1c[nH]cn1. The molecular weight excluding hydrogens is 352 g/mol. The normalized spacial score (nSPS) is 15.5. The van der Waals surface area contributed by atoms with Gasteiger partial charge in [0.25, 0.3) is 0 Å². The van der Waals surface area contributed by atoms with Crippen molar-refractivity contribution < 1.29 is 4.74 Å². The van der Waals surface area contributed by atoms with E-state index in [4.69, 9.17) is 10.5 Å². The van der Waals surface area contributed by atoms with Crippen LogP contribution in [0.15, 0.2) is 41.8 Å². The van der Waals surface area contributed by atoms with Crippen molar-refractivity contribution in [3.05, 3.63) is 48.0 Å². The van der Waals surface area contributed by atoms with Crippen LogP contribution in [0.1, 0.15) is 36.9 Å². The van der Waals surface area contributed by atoms with E-state index in [1.54, 1.807) is 6.33 Å². The number of nitrogens with two attached hydrogens (primary N) is 1. The molecule has 3 rings (SSSR count). The van der Waals surface area contributed by atoms with E-state index in [0.717, 1.165) is 37.4 Å². The number of imidazole rings is 1. The minimum atomic E-state index is 0.471. The zero-order chi connectivity index (χ0) is 19.4. The van der Waals surface area contributed by atoms with Gasteiger partial charge in [-0.25, -0.2) is 4.98 Å². The number of nitrogens with one attached hydrogen (secondary N) is 2. The fraction of sp³-hybridized carbons (Fsp3) is 0.524. The average molecular weight is 385 g/mol. The minimum absolute atomic E-state index is 0.471. The Morgan fingerprint density at radius 1 is 1.29 bits per heavy atom. The summed E-state index contributed by atoms with van der Waals surface area (Å²) in [5, 5.41) is 3.10. The Morgan fingerprint density at radius 2 is 2.18 bits per heavy atom. The number of aromatic amines is 1. The summed E-state index contributed by atoms with van der Waals surface area (Å²) in [7, 11) is 0. The topological polar surface area (TPSA) is 91.6 Å². The van der Waals surface area contributed by atoms with Gasteiger partial charge in [0.05, 0.1) is 18.6 Å². The van der Waals surface area contributed by atoms with E-state index < -0.39 is 0 Å². The number of rotatable bonds is 10. The van der Waals surface area contributed by atoms with Crippen LogP contribution < -0.4 is 15.8 Å². The number of ether oxygens (including phenoxy) is 1. The lowest BCUT2D eigenvalue weighted by Gasteiger charge is -2.26. The summed E-state index contributed by atoms with van der Waals surface area (Å²) in [5.74, 6) is 1.41. The summed E-state index contributed by atoms with van der Waals surface area (Å²) in [4.78, 5) is 14.0. The van der Waals surface area contributed by atoms with Crippen molar-refractivity contribution in [2.24, 2.45) is 10.7 Å². The van der Waals surface area contributed by atoms with E-state index in [9.17, 15) is 0 Å². The van der Waals surface area contributed by atoms with E-state index in [-0.39, 0.29) is 0 Å². The smallest absolute Gasteiger partial charge is 0.188 e. The molecule has 0 atom stereocenters. The molecule has 0 saturated carbocycles. The van der Waals surface area contributed by atoms with Crippen LogP contribution in [0.25, 0.3) is 0 Å². The van der Waals surface area contributed by atoms with Gasteiger partial charge in [-0.15, -0.1) is 0 Å². The zero-order valence-electron chi connectivity index (χ0n) is 16.6. The Morgan fingerprint density at radius 3 is 3.00 bits per heavy atom. The fourth-order valence-corrected chi connectivity index (χ4v) is 3.37. The van der Waals surface area contributed by atoms with Crippen LogP contribution in [0, 0.1) is 0 Å². The molecule has 7 heteroatoms. The number of nitrogens with zero attached hydrogens (tertiary/aromatic N) is 3. The fourth-order valence-electron chi connectivity index (χ4n) is 3.37. The largest absolute Gasteiger partial charge is 0.494 e. The highest BCUT2D eigenvalue weighted by Crippen LogP contribution is 2.17. The highest BCUT2D eigenvalue weighted by Gasteiger charge is 2.10. The van der Waals surface area contributed by atoms with Crippen molar-refractivity contribution >= 4 is 5.96 Å². The second-order valence-corrected chi connectivity index (χ2v) is 7.19. The van der Waals surface area contributed by atoms with Crippen LogP contribution in [0.5, 0.6) is 5.75 Å². The highest BCUT2D eigenvalue weighted by molar-refractivity contribution is 5.77. The molecule has 1 aliphatic rings. The Bertz CT molecular complexity index is 709. The number of H-pyrrole nitrogens is 1. The number of hydrogen-bond donors (Lipinski definition) is 3. The maximum absolute atomic E-state index is 5.89. The average Bonchev–Trinajstić information content (AvgIpc) is 3.22. The van der Waals surface area contributed by atoms with Gasteiger partial charge >= 0.3 is 0 Å². The summed E-state index contributed by atoms with van der Waals surface area (Å²) in [6.07, 6.45) is 9.21. The predicted octanol–water partition coefficient (Wildman–Crippen LogP) is 2.31. The second-order valence-electron chi connectivity index (χ2n) is 7.19. The standard InChI is InChI=1S/C21H32N6O/c22-21(25-10-8-19-15-23-17-26-19)24-9-5-13-28-20-7-4-6-18(14-20)16-27-11-2-1-3-12-27/h4,6-7,14-15,17H,1-3,5,8-13,16H2,(H,23,26)(H3,22,24,25). The van der Waals surface area contributed by atoms with Crippen molar-refractivity contribution in [1.82, 2.24) is 20.2 Å². The maximum Gasteiger partial charge on any atom is 0.188 e. The number of benzene rings is 1. The van der Waals surface area contributed by atoms with Gasteiger partial charge in [-0.1, -0.05) is 18.6 Å². The molecule has 2 heterocycles. The van der Waals surface area contributed by atoms with Gasteiger partial charge in [-0.3, -0.25) is 9.89 Å². The van der Waals surface area contributed by atoms with Crippen LogP contribution in [-0.2, 0) is 13.0 Å². The zero-order valence-corrected chi connectivity index (χ0v) is 16.6. The number of hydrogen-bond acceptors (Lipinski definition) is 4. The lowest BCUT2D eigenvalue weighted by molar-refractivity contribution is 0.220. The molecule has 0 bridgehead atoms. The second kappa shape index (κ2) is 11.3. The van der Waals surface area contributed by atoms with Crippen molar-refractivity contribution in [2.45, 2.75) is 38.6 Å². The van der Waals surface area contributed by atoms with E-state index in [0.29, 0.717) is 19.1 Å². The van der Waals surface area contributed by atoms with Gasteiger partial charge in [0, 0.05) is 38.7 Å². The molecule has 0 radical (unpaired) electrons. The number of aromatic nitrogens is 2. The van der Waals surface area contributed by atoms with Crippen molar-refractivity contribution in [2.75, 3.05) is 32.8 Å². The van der Waals surface area contributed by atoms with Gasteiger partial charge in [0.15, 0.2) is 5.96 Å². The van der Waals surface area contributed by atoms with Gasteiger partial charge in [-0.2, -0.15) is 0 Å². The summed E-state index contributed by atoms with van der Waals surface area (Å²) >= 11 is 0. The Hall–Kier alpha value is -2.54. The molecule has 0 unspecified atom stereocenters.